The summed E-state index contributed by atoms with van der Waals surface area (Å²) in [5, 5.41) is 16.5. The highest BCUT2D eigenvalue weighted by molar-refractivity contribution is 5.91. The summed E-state index contributed by atoms with van der Waals surface area (Å²) in [6.45, 7) is 4.90. The van der Waals surface area contributed by atoms with E-state index in [-0.39, 0.29) is 5.91 Å². The Morgan fingerprint density at radius 1 is 1.50 bits per heavy atom. The van der Waals surface area contributed by atoms with E-state index < -0.39 is 6.10 Å². The van der Waals surface area contributed by atoms with Crippen LogP contribution in [0.5, 0.6) is 0 Å². The number of hydrogen-bond acceptors (Lipinski definition) is 5. The molecule has 0 aliphatic carbocycles. The molecule has 2 heterocycles. The first kappa shape index (κ1) is 15.0. The Labute approximate surface area is 119 Å². The number of piperazine rings is 1. The van der Waals surface area contributed by atoms with Crippen molar-refractivity contribution >= 4 is 5.91 Å². The van der Waals surface area contributed by atoms with Gasteiger partial charge < -0.3 is 14.9 Å². The van der Waals surface area contributed by atoms with Crippen molar-refractivity contribution in [3.63, 3.8) is 0 Å². The third-order valence-electron chi connectivity index (χ3n) is 3.63. The minimum absolute atomic E-state index is 0.153. The number of aromatic nitrogens is 2. The van der Waals surface area contributed by atoms with Crippen LogP contribution in [0.1, 0.15) is 10.5 Å². The Hall–Kier alpha value is -1.44. The molecule has 1 saturated heterocycles. The van der Waals surface area contributed by atoms with E-state index in [0.717, 1.165) is 26.2 Å². The molecule has 1 unspecified atom stereocenters. The van der Waals surface area contributed by atoms with E-state index in [2.05, 4.69) is 27.0 Å². The van der Waals surface area contributed by atoms with Crippen LogP contribution < -0.4 is 0 Å². The molecule has 0 spiro atoms. The zero-order valence-corrected chi connectivity index (χ0v) is 12.1. The van der Waals surface area contributed by atoms with Gasteiger partial charge in [-0.1, -0.05) is 0 Å². The SMILES string of the molecule is CN1CCN(CC(O)CN(C)C(=O)c2ccn[nH]2)CC1. The molecule has 0 aromatic carbocycles. The maximum absolute atomic E-state index is 12.0. The van der Waals surface area contributed by atoms with Gasteiger partial charge in [-0.05, 0) is 13.1 Å². The van der Waals surface area contributed by atoms with Crippen molar-refractivity contribution in [2.75, 3.05) is 53.4 Å². The van der Waals surface area contributed by atoms with Gasteiger partial charge in [0.2, 0.25) is 0 Å². The van der Waals surface area contributed by atoms with Crippen LogP contribution in [0, 0.1) is 0 Å². The number of aliphatic hydroxyl groups is 1. The standard InChI is InChI=1S/C13H23N5O2/c1-16-5-7-18(8-6-16)10-11(19)9-17(2)13(20)12-3-4-14-15-12/h3-4,11,19H,5-10H2,1-2H3,(H,14,15). The fourth-order valence-electron chi connectivity index (χ4n) is 2.37. The van der Waals surface area contributed by atoms with Gasteiger partial charge >= 0.3 is 0 Å². The second kappa shape index (κ2) is 6.83. The Morgan fingerprint density at radius 3 is 2.80 bits per heavy atom. The summed E-state index contributed by atoms with van der Waals surface area (Å²) in [5.41, 5.74) is 0.444. The van der Waals surface area contributed by atoms with Crippen molar-refractivity contribution in [3.05, 3.63) is 18.0 Å². The van der Waals surface area contributed by atoms with E-state index >= 15 is 0 Å². The van der Waals surface area contributed by atoms with E-state index in [4.69, 9.17) is 0 Å². The molecule has 0 radical (unpaired) electrons. The van der Waals surface area contributed by atoms with Crippen LogP contribution in [0.25, 0.3) is 0 Å². The van der Waals surface area contributed by atoms with Crippen LogP contribution in [-0.2, 0) is 0 Å². The molecule has 1 fully saturated rings. The number of aliphatic hydroxyl groups excluding tert-OH is 1. The Bertz CT molecular complexity index is 414. The molecule has 112 valence electrons. The molecule has 1 atom stereocenters. The van der Waals surface area contributed by atoms with Crippen LogP contribution in [0.2, 0.25) is 0 Å². The molecule has 20 heavy (non-hydrogen) atoms. The number of nitrogens with one attached hydrogen (secondary N) is 1. The summed E-state index contributed by atoms with van der Waals surface area (Å²) >= 11 is 0. The topological polar surface area (TPSA) is 75.7 Å². The molecule has 1 aliphatic heterocycles. The predicted molar refractivity (Wildman–Crippen MR) is 75.5 cm³/mol. The lowest BCUT2D eigenvalue weighted by molar-refractivity contribution is 0.0498. The van der Waals surface area contributed by atoms with E-state index in [1.165, 1.54) is 4.90 Å². The number of H-pyrrole nitrogens is 1. The number of β-amino-alcohol motifs (C(OH)–C–C–N with tert-alkyl or cyclic N) is 1. The van der Waals surface area contributed by atoms with E-state index in [0.29, 0.717) is 18.8 Å². The lowest BCUT2D eigenvalue weighted by Crippen LogP contribution is -2.49. The van der Waals surface area contributed by atoms with Crippen LogP contribution in [0.3, 0.4) is 0 Å². The van der Waals surface area contributed by atoms with Crippen LogP contribution in [0.15, 0.2) is 12.3 Å². The number of carbonyl (C=O) groups excluding carboxylic acids is 1. The normalized spacial score (nSPS) is 18.9. The number of hydrogen-bond donors (Lipinski definition) is 2. The van der Waals surface area contributed by atoms with E-state index in [1.807, 2.05) is 0 Å². The van der Waals surface area contributed by atoms with E-state index in [1.54, 1.807) is 19.3 Å². The highest BCUT2D eigenvalue weighted by atomic mass is 16.3. The lowest BCUT2D eigenvalue weighted by atomic mass is 10.2. The largest absolute Gasteiger partial charge is 0.390 e. The maximum Gasteiger partial charge on any atom is 0.271 e. The first-order chi connectivity index (χ1) is 9.56. The molecule has 7 heteroatoms. The van der Waals surface area contributed by atoms with Crippen LogP contribution in [-0.4, -0.2) is 95.4 Å². The number of likely N-dealkylation sites (N-methyl/N-ethyl adjacent to an activating group) is 2. The third-order valence-corrected chi connectivity index (χ3v) is 3.63. The molecule has 0 saturated carbocycles. The van der Waals surface area contributed by atoms with Gasteiger partial charge in [0.05, 0.1) is 6.10 Å². The second-order valence-electron chi connectivity index (χ2n) is 5.41. The Balaban J connectivity index is 1.76. The van der Waals surface area contributed by atoms with Gasteiger partial charge in [0.1, 0.15) is 5.69 Å². The summed E-state index contributed by atoms with van der Waals surface area (Å²) in [4.78, 5) is 18.0. The molecule has 2 N–H and O–H groups in total. The summed E-state index contributed by atoms with van der Waals surface area (Å²) in [6.07, 6.45) is 1.01. The van der Waals surface area contributed by atoms with Gasteiger partial charge in [0.25, 0.3) is 5.91 Å². The average Bonchev–Trinajstić information content (AvgIpc) is 2.94. The third kappa shape index (κ3) is 4.03. The lowest BCUT2D eigenvalue weighted by Gasteiger charge is -2.34. The molecule has 1 aromatic heterocycles. The fraction of sp³-hybridized carbons (Fsp3) is 0.692. The molecule has 1 aromatic rings. The minimum atomic E-state index is -0.532. The Morgan fingerprint density at radius 2 is 2.20 bits per heavy atom. The van der Waals surface area contributed by atoms with Gasteiger partial charge in [0.15, 0.2) is 0 Å². The van der Waals surface area contributed by atoms with E-state index in [9.17, 15) is 9.90 Å². The van der Waals surface area contributed by atoms with Crippen LogP contribution >= 0.6 is 0 Å². The minimum Gasteiger partial charge on any atom is -0.390 e. The molecule has 7 nitrogen and oxygen atoms in total. The molecule has 0 bridgehead atoms. The maximum atomic E-state index is 12.0. The van der Waals surface area contributed by atoms with Gasteiger partial charge in [-0.3, -0.25) is 14.8 Å². The summed E-state index contributed by atoms with van der Waals surface area (Å²) in [5.74, 6) is -0.153. The number of rotatable bonds is 5. The number of nitrogens with zero attached hydrogens (tertiary/aromatic N) is 4. The quantitative estimate of drug-likeness (QED) is 0.731. The Kier molecular flexibility index (Phi) is 5.11. The van der Waals surface area contributed by atoms with Crippen molar-refractivity contribution in [3.8, 4) is 0 Å². The summed E-state index contributed by atoms with van der Waals surface area (Å²) < 4.78 is 0. The average molecular weight is 281 g/mol. The van der Waals surface area contributed by atoms with Crippen molar-refractivity contribution < 1.29 is 9.90 Å². The molecule has 1 aliphatic rings. The van der Waals surface area contributed by atoms with Crippen molar-refractivity contribution in [1.29, 1.82) is 0 Å². The molecular weight excluding hydrogens is 258 g/mol. The monoisotopic (exact) mass is 281 g/mol. The van der Waals surface area contributed by atoms with Gasteiger partial charge in [-0.25, -0.2) is 0 Å². The zero-order chi connectivity index (χ0) is 14.5. The molecule has 2 rings (SSSR count). The molecule has 1 amide bonds. The number of amides is 1. The van der Waals surface area contributed by atoms with Crippen LogP contribution in [0.4, 0.5) is 0 Å². The predicted octanol–water partition coefficient (Wildman–Crippen LogP) is -0.910. The second-order valence-corrected chi connectivity index (χ2v) is 5.41. The summed E-state index contributed by atoms with van der Waals surface area (Å²) in [7, 11) is 3.79. The number of aromatic amines is 1. The first-order valence-corrected chi connectivity index (χ1v) is 6.90. The van der Waals surface area contributed by atoms with Crippen molar-refractivity contribution in [1.82, 2.24) is 24.9 Å². The van der Waals surface area contributed by atoms with Gasteiger partial charge in [0, 0.05) is 52.5 Å². The van der Waals surface area contributed by atoms with Crippen molar-refractivity contribution in [2.24, 2.45) is 0 Å². The first-order valence-electron chi connectivity index (χ1n) is 6.90. The van der Waals surface area contributed by atoms with Gasteiger partial charge in [-0.15, -0.1) is 0 Å². The number of carbonyl (C=O) groups is 1. The zero-order valence-electron chi connectivity index (χ0n) is 12.1. The van der Waals surface area contributed by atoms with Crippen molar-refractivity contribution in [2.45, 2.75) is 6.10 Å². The fourth-order valence-corrected chi connectivity index (χ4v) is 2.37. The summed E-state index contributed by atoms with van der Waals surface area (Å²) in [6, 6.07) is 1.63. The highest BCUT2D eigenvalue weighted by Crippen LogP contribution is 2.03. The molecular formula is C13H23N5O2. The van der Waals surface area contributed by atoms with Gasteiger partial charge in [-0.2, -0.15) is 5.10 Å². The highest BCUT2D eigenvalue weighted by Gasteiger charge is 2.20. The smallest absolute Gasteiger partial charge is 0.271 e.